The van der Waals surface area contributed by atoms with Crippen molar-refractivity contribution >= 4 is 33.6 Å². The van der Waals surface area contributed by atoms with E-state index in [1.807, 2.05) is 0 Å². The molecule has 0 saturated heterocycles. The summed E-state index contributed by atoms with van der Waals surface area (Å²) in [4.78, 5) is 8.66. The number of rotatable bonds is 1. The third kappa shape index (κ3) is 1.96. The zero-order valence-corrected chi connectivity index (χ0v) is 10.5. The molecule has 2 aromatic heterocycles. The van der Waals surface area contributed by atoms with Gasteiger partial charge in [-0.3, -0.25) is 5.10 Å². The van der Waals surface area contributed by atoms with Crippen LogP contribution in [-0.4, -0.2) is 20.2 Å². The predicted molar refractivity (Wildman–Crippen MR) is 65.2 cm³/mol. The van der Waals surface area contributed by atoms with Crippen LogP contribution >= 0.6 is 22.5 Å². The quantitative estimate of drug-likeness (QED) is 0.594. The van der Waals surface area contributed by atoms with Crippen LogP contribution < -0.4 is 0 Å². The summed E-state index contributed by atoms with van der Waals surface area (Å²) in [5.74, 6) is 0. The Bertz CT molecular complexity index is 486. The maximum absolute atomic E-state index is 4.45. The first-order valence-electron chi connectivity index (χ1n) is 4.55. The van der Waals surface area contributed by atoms with Crippen LogP contribution in [0.25, 0.3) is 11.2 Å². The van der Waals surface area contributed by atoms with Gasteiger partial charge in [-0.25, -0.2) is 9.97 Å². The van der Waals surface area contributed by atoms with Crippen molar-refractivity contribution in [2.24, 2.45) is 0 Å². The Morgan fingerprint density at radius 3 is 2.73 bits per heavy atom. The van der Waals surface area contributed by atoms with Crippen molar-refractivity contribution < 1.29 is 0 Å². The van der Waals surface area contributed by atoms with E-state index < -0.39 is 0 Å². The first kappa shape index (κ1) is 10.8. The number of fused-ring (bicyclic) bond motifs is 1. The number of hydrogen-bond acceptors (Lipinski definition) is 5. The number of aromatic amines is 1. The summed E-state index contributed by atoms with van der Waals surface area (Å²) >= 11 is 4.11. The summed E-state index contributed by atoms with van der Waals surface area (Å²) in [6, 6.07) is 0. The molecule has 0 atom stereocenters. The average molecular weight is 240 g/mol. The molecule has 0 saturated carbocycles. The van der Waals surface area contributed by atoms with Gasteiger partial charge in [-0.2, -0.15) is 5.10 Å². The van der Waals surface area contributed by atoms with Crippen LogP contribution in [0.15, 0.2) is 11.2 Å². The van der Waals surface area contributed by atoms with Crippen LogP contribution in [0.5, 0.6) is 0 Å². The minimum Gasteiger partial charge on any atom is -0.278 e. The maximum Gasteiger partial charge on any atom is 0.199 e. The van der Waals surface area contributed by atoms with Crippen molar-refractivity contribution in [2.45, 2.75) is 31.2 Å². The standard InChI is InChI=1S/C9H12N4S2/c1-9(2,3)7-6-8(13-12-7)10-4-5(11-6)15-14/h4,14H,1-3H3,(H,10,12,13). The van der Waals surface area contributed by atoms with E-state index in [4.69, 9.17) is 0 Å². The number of nitrogens with one attached hydrogen (secondary N) is 1. The second-order valence-corrected chi connectivity index (χ2v) is 5.47. The van der Waals surface area contributed by atoms with Gasteiger partial charge in [-0.05, 0) is 10.8 Å². The molecule has 2 heterocycles. The molecule has 0 aromatic carbocycles. The van der Waals surface area contributed by atoms with E-state index in [-0.39, 0.29) is 5.41 Å². The number of thiol groups is 1. The molecule has 0 aliphatic carbocycles. The van der Waals surface area contributed by atoms with Gasteiger partial charge >= 0.3 is 0 Å². The molecule has 0 unspecified atom stereocenters. The lowest BCUT2D eigenvalue weighted by atomic mass is 9.92. The summed E-state index contributed by atoms with van der Waals surface area (Å²) in [6.07, 6.45) is 1.67. The lowest BCUT2D eigenvalue weighted by molar-refractivity contribution is 0.570. The molecule has 0 aliphatic heterocycles. The first-order valence-corrected chi connectivity index (χ1v) is 6.42. The Labute approximate surface area is 97.1 Å². The van der Waals surface area contributed by atoms with Gasteiger partial charge < -0.3 is 0 Å². The minimum absolute atomic E-state index is 0.0106. The van der Waals surface area contributed by atoms with Gasteiger partial charge in [0.05, 0.1) is 11.9 Å². The monoisotopic (exact) mass is 240 g/mol. The van der Waals surface area contributed by atoms with Crippen molar-refractivity contribution in [3.8, 4) is 0 Å². The fourth-order valence-corrected chi connectivity index (χ4v) is 1.84. The van der Waals surface area contributed by atoms with Gasteiger partial charge in [0.25, 0.3) is 0 Å². The van der Waals surface area contributed by atoms with Crippen molar-refractivity contribution in [1.29, 1.82) is 0 Å². The molecule has 6 heteroatoms. The van der Waals surface area contributed by atoms with Gasteiger partial charge in [-0.1, -0.05) is 20.8 Å². The third-order valence-electron chi connectivity index (χ3n) is 2.09. The normalized spacial score (nSPS) is 12.3. The fraction of sp³-hybridized carbons (Fsp3) is 0.444. The van der Waals surface area contributed by atoms with E-state index in [1.165, 1.54) is 10.8 Å². The lowest BCUT2D eigenvalue weighted by Crippen LogP contribution is -2.12. The summed E-state index contributed by atoms with van der Waals surface area (Å²) in [6.45, 7) is 6.34. The van der Waals surface area contributed by atoms with Gasteiger partial charge in [0.1, 0.15) is 10.5 Å². The van der Waals surface area contributed by atoms with Crippen molar-refractivity contribution in [2.75, 3.05) is 0 Å². The Balaban J connectivity index is 2.67. The minimum atomic E-state index is -0.0106. The largest absolute Gasteiger partial charge is 0.278 e. The molecule has 0 fully saturated rings. The smallest absolute Gasteiger partial charge is 0.199 e. The number of H-pyrrole nitrogens is 1. The van der Waals surface area contributed by atoms with Crippen LogP contribution in [0.4, 0.5) is 0 Å². The van der Waals surface area contributed by atoms with E-state index in [1.54, 1.807) is 6.20 Å². The zero-order chi connectivity index (χ0) is 11.1. The summed E-state index contributed by atoms with van der Waals surface area (Å²) in [7, 11) is 1.29. The van der Waals surface area contributed by atoms with Crippen LogP contribution in [-0.2, 0) is 5.41 Å². The van der Waals surface area contributed by atoms with E-state index in [0.29, 0.717) is 5.65 Å². The van der Waals surface area contributed by atoms with Crippen LogP contribution in [0.3, 0.4) is 0 Å². The van der Waals surface area contributed by atoms with Crippen LogP contribution in [0.1, 0.15) is 26.5 Å². The molecule has 0 radical (unpaired) electrons. The summed E-state index contributed by atoms with van der Waals surface area (Å²) < 4.78 is 0. The highest BCUT2D eigenvalue weighted by Crippen LogP contribution is 2.27. The Kier molecular flexibility index (Phi) is 2.64. The van der Waals surface area contributed by atoms with E-state index in [0.717, 1.165) is 16.2 Å². The van der Waals surface area contributed by atoms with Gasteiger partial charge in [0.2, 0.25) is 0 Å². The highest BCUT2D eigenvalue weighted by molar-refractivity contribution is 8.68. The van der Waals surface area contributed by atoms with Crippen molar-refractivity contribution in [3.63, 3.8) is 0 Å². The molecule has 0 aliphatic rings. The fourth-order valence-electron chi connectivity index (χ4n) is 1.34. The number of nitrogens with zero attached hydrogens (tertiary/aromatic N) is 3. The predicted octanol–water partition coefficient (Wildman–Crippen LogP) is 2.59. The van der Waals surface area contributed by atoms with Crippen LogP contribution in [0, 0.1) is 0 Å². The van der Waals surface area contributed by atoms with Crippen molar-refractivity contribution in [3.05, 3.63) is 11.9 Å². The highest BCUT2D eigenvalue weighted by atomic mass is 33.1. The molecule has 4 nitrogen and oxygen atoms in total. The molecule has 80 valence electrons. The number of aromatic nitrogens is 4. The second kappa shape index (κ2) is 3.68. The zero-order valence-electron chi connectivity index (χ0n) is 8.77. The SMILES string of the molecule is CC(C)(C)c1[nH]nc2ncc(SS)nc12. The Morgan fingerprint density at radius 1 is 1.40 bits per heavy atom. The molecular weight excluding hydrogens is 228 g/mol. The summed E-state index contributed by atoms with van der Waals surface area (Å²) in [5.41, 5.74) is 2.49. The molecule has 1 N–H and O–H groups in total. The van der Waals surface area contributed by atoms with E-state index >= 15 is 0 Å². The van der Waals surface area contributed by atoms with Gasteiger partial charge in [0, 0.05) is 5.41 Å². The first-order chi connectivity index (χ1) is 7.02. The molecule has 0 bridgehead atoms. The number of hydrogen-bond donors (Lipinski definition) is 2. The molecular formula is C9H12N4S2. The average Bonchev–Trinajstić information content (AvgIpc) is 2.59. The molecule has 2 rings (SSSR count). The van der Waals surface area contributed by atoms with Gasteiger partial charge in [0.15, 0.2) is 5.65 Å². The van der Waals surface area contributed by atoms with E-state index in [2.05, 4.69) is 52.6 Å². The molecule has 2 aromatic rings. The third-order valence-corrected chi connectivity index (χ3v) is 3.03. The lowest BCUT2D eigenvalue weighted by Gasteiger charge is -2.15. The van der Waals surface area contributed by atoms with Crippen LogP contribution in [0.2, 0.25) is 0 Å². The maximum atomic E-state index is 4.45. The van der Waals surface area contributed by atoms with Gasteiger partial charge in [-0.15, -0.1) is 11.7 Å². The molecule has 0 spiro atoms. The van der Waals surface area contributed by atoms with E-state index in [9.17, 15) is 0 Å². The second-order valence-electron chi connectivity index (χ2n) is 4.32. The molecule has 0 amide bonds. The Morgan fingerprint density at radius 2 is 2.13 bits per heavy atom. The van der Waals surface area contributed by atoms with Crippen molar-refractivity contribution in [1.82, 2.24) is 20.2 Å². The highest BCUT2D eigenvalue weighted by Gasteiger charge is 2.21. The summed E-state index contributed by atoms with van der Waals surface area (Å²) in [5, 5.41) is 7.91. The Hall–Kier alpha value is -0.750. The molecule has 15 heavy (non-hydrogen) atoms. The topological polar surface area (TPSA) is 54.5 Å².